The van der Waals surface area contributed by atoms with Gasteiger partial charge in [-0.25, -0.2) is 0 Å². The molecule has 0 bridgehead atoms. The van der Waals surface area contributed by atoms with E-state index in [0.29, 0.717) is 0 Å². The van der Waals surface area contributed by atoms with Crippen LogP contribution in [0.5, 0.6) is 0 Å². The van der Waals surface area contributed by atoms with Gasteiger partial charge in [0.2, 0.25) is 0 Å². The highest BCUT2D eigenvalue weighted by molar-refractivity contribution is 7.85. The molecule has 1 heterocycles. The largest absolute Gasteiger partial charge is 0.318 e. The Morgan fingerprint density at radius 3 is 2.20 bits per heavy atom. The van der Waals surface area contributed by atoms with E-state index in [-0.39, 0.29) is 11.0 Å². The summed E-state index contributed by atoms with van der Waals surface area (Å²) in [6.45, 7) is 3.10. The van der Waals surface area contributed by atoms with Gasteiger partial charge in [0.05, 0.1) is 0 Å². The Morgan fingerprint density at radius 1 is 1.47 bits per heavy atom. The highest BCUT2D eigenvalue weighted by atomic mass is 32.2. The lowest BCUT2D eigenvalue weighted by Gasteiger charge is -2.27. The number of thiocarbonyl (C=S) groups is 1. The van der Waals surface area contributed by atoms with Gasteiger partial charge < -0.3 is 4.90 Å². The van der Waals surface area contributed by atoms with Crippen molar-refractivity contribution in [3.8, 4) is 0 Å². The first-order valence-corrected chi connectivity index (χ1v) is 6.14. The van der Waals surface area contributed by atoms with Crippen LogP contribution in [0.25, 0.3) is 0 Å². The molecule has 86 valence electrons. The molecule has 0 aromatic carbocycles. The van der Waals surface area contributed by atoms with Gasteiger partial charge >= 0.3 is 0 Å². The van der Waals surface area contributed by atoms with Gasteiger partial charge in [0.15, 0.2) is 5.11 Å². The molecule has 0 radical (unpaired) electrons. The first kappa shape index (κ1) is 12.3. The summed E-state index contributed by atoms with van der Waals surface area (Å²) in [5.74, 6) is -0.967. The summed E-state index contributed by atoms with van der Waals surface area (Å²) in [6.07, 6.45) is 0. The summed E-state index contributed by atoms with van der Waals surface area (Å²) >= 11 is 4.91. The number of hydrogen-bond acceptors (Lipinski definition) is 4. The van der Waals surface area contributed by atoms with Crippen molar-refractivity contribution in [2.45, 2.75) is 19.4 Å². The van der Waals surface area contributed by atoms with Crippen molar-refractivity contribution in [3.05, 3.63) is 0 Å². The summed E-state index contributed by atoms with van der Waals surface area (Å²) in [6, 6.07) is 0. The normalized spacial score (nSPS) is 21.3. The number of hydrogen-bond donors (Lipinski definition) is 1. The molecule has 0 aromatic heterocycles. The molecule has 1 fully saturated rings. The summed E-state index contributed by atoms with van der Waals surface area (Å²) in [7, 11) is -2.73. The molecule has 6 nitrogen and oxygen atoms in total. The first-order chi connectivity index (χ1) is 6.57. The average Bonchev–Trinajstić information content (AvgIpc) is 2.18. The minimum absolute atomic E-state index is 0.0997. The van der Waals surface area contributed by atoms with Crippen molar-refractivity contribution in [2.24, 2.45) is 0 Å². The van der Waals surface area contributed by atoms with Gasteiger partial charge in [0, 0.05) is 7.05 Å². The minimum Gasteiger partial charge on any atom is -0.318 e. The summed E-state index contributed by atoms with van der Waals surface area (Å²) in [5.41, 5.74) is -1.04. The summed E-state index contributed by atoms with van der Waals surface area (Å²) in [4.78, 5) is 14.0. The second kappa shape index (κ2) is 3.39. The summed E-state index contributed by atoms with van der Waals surface area (Å²) < 4.78 is 30.3. The molecule has 0 aliphatic carbocycles. The van der Waals surface area contributed by atoms with Crippen LogP contribution < -0.4 is 0 Å². The number of likely N-dealkylation sites (N-methyl/N-ethyl adjacent to an activating group) is 1. The zero-order valence-corrected chi connectivity index (χ0v) is 10.2. The Balaban J connectivity index is 3.09. The standard InChI is InChI=1S/C7H12N2O4S2/c1-7(2)5(10)8(3)6(14)9(7)4-15(11,12)13/h4H2,1-3H3,(H,11,12,13). The van der Waals surface area contributed by atoms with E-state index in [1.165, 1.54) is 16.8 Å². The lowest BCUT2D eigenvalue weighted by Crippen LogP contribution is -2.46. The SMILES string of the molecule is CN1C(=O)C(C)(C)N(CS(=O)(=O)O)C1=S. The number of carbonyl (C=O) groups excluding carboxylic acids is 1. The van der Waals surface area contributed by atoms with Crippen LogP contribution in [-0.4, -0.2) is 52.3 Å². The lowest BCUT2D eigenvalue weighted by molar-refractivity contribution is -0.130. The van der Waals surface area contributed by atoms with Gasteiger partial charge in [-0.3, -0.25) is 14.2 Å². The zero-order valence-electron chi connectivity index (χ0n) is 8.59. The van der Waals surface area contributed by atoms with Crippen molar-refractivity contribution >= 4 is 33.4 Å². The molecule has 15 heavy (non-hydrogen) atoms. The van der Waals surface area contributed by atoms with E-state index in [4.69, 9.17) is 16.8 Å². The molecule has 0 aromatic rings. The van der Waals surface area contributed by atoms with Crippen LogP contribution in [0.15, 0.2) is 0 Å². The Labute approximate surface area is 93.6 Å². The maximum atomic E-state index is 11.7. The molecule has 1 aliphatic rings. The highest BCUT2D eigenvalue weighted by Gasteiger charge is 2.48. The third kappa shape index (κ3) is 2.11. The average molecular weight is 252 g/mol. The third-order valence-corrected chi connectivity index (χ3v) is 3.39. The van der Waals surface area contributed by atoms with Crippen LogP contribution in [0.1, 0.15) is 13.8 Å². The molecule has 1 aliphatic heterocycles. The lowest BCUT2D eigenvalue weighted by atomic mass is 10.1. The first-order valence-electron chi connectivity index (χ1n) is 4.12. The van der Waals surface area contributed by atoms with Crippen LogP contribution >= 0.6 is 12.2 Å². The fourth-order valence-corrected chi connectivity index (χ4v) is 2.64. The fraction of sp³-hybridized carbons (Fsp3) is 0.714. The van der Waals surface area contributed by atoms with E-state index in [1.807, 2.05) is 0 Å². The molecule has 8 heteroatoms. The Bertz CT molecular complexity index is 415. The van der Waals surface area contributed by atoms with E-state index in [0.717, 1.165) is 0 Å². The zero-order chi connectivity index (χ0) is 12.0. The smallest absolute Gasteiger partial charge is 0.283 e. The van der Waals surface area contributed by atoms with E-state index < -0.39 is 21.5 Å². The molecular formula is C7H12N2O4S2. The Hall–Kier alpha value is -0.730. The van der Waals surface area contributed by atoms with Crippen molar-refractivity contribution in [1.82, 2.24) is 9.80 Å². The van der Waals surface area contributed by atoms with Gasteiger partial charge in [-0.2, -0.15) is 8.42 Å². The topological polar surface area (TPSA) is 77.9 Å². The van der Waals surface area contributed by atoms with E-state index in [1.54, 1.807) is 13.8 Å². The highest BCUT2D eigenvalue weighted by Crippen LogP contribution is 2.26. The quantitative estimate of drug-likeness (QED) is 0.535. The van der Waals surface area contributed by atoms with E-state index in [9.17, 15) is 13.2 Å². The number of amides is 1. The minimum atomic E-state index is -4.20. The number of carbonyl (C=O) groups is 1. The van der Waals surface area contributed by atoms with E-state index >= 15 is 0 Å². The fourth-order valence-electron chi connectivity index (χ4n) is 1.41. The molecular weight excluding hydrogens is 240 g/mol. The van der Waals surface area contributed by atoms with Gasteiger partial charge in [0.1, 0.15) is 11.4 Å². The Kier molecular flexibility index (Phi) is 2.79. The van der Waals surface area contributed by atoms with Crippen LogP contribution in [-0.2, 0) is 14.9 Å². The van der Waals surface area contributed by atoms with Crippen LogP contribution in [0, 0.1) is 0 Å². The molecule has 0 spiro atoms. The predicted octanol–water partition coefficient (Wildman–Crippen LogP) is -0.331. The van der Waals surface area contributed by atoms with Gasteiger partial charge in [0.25, 0.3) is 16.0 Å². The maximum absolute atomic E-state index is 11.7. The number of rotatable bonds is 2. The van der Waals surface area contributed by atoms with Gasteiger partial charge in [-0.05, 0) is 26.1 Å². The van der Waals surface area contributed by atoms with Crippen LogP contribution in [0.3, 0.4) is 0 Å². The van der Waals surface area contributed by atoms with Crippen molar-refractivity contribution in [3.63, 3.8) is 0 Å². The molecule has 0 atom stereocenters. The van der Waals surface area contributed by atoms with Gasteiger partial charge in [-0.1, -0.05) is 0 Å². The third-order valence-electron chi connectivity index (χ3n) is 2.31. The molecule has 1 saturated heterocycles. The molecule has 1 N–H and O–H groups in total. The molecule has 1 amide bonds. The van der Waals surface area contributed by atoms with Crippen molar-refractivity contribution in [2.75, 3.05) is 12.9 Å². The maximum Gasteiger partial charge on any atom is 0.283 e. The molecule has 0 unspecified atom stereocenters. The monoisotopic (exact) mass is 252 g/mol. The van der Waals surface area contributed by atoms with Crippen LogP contribution in [0.4, 0.5) is 0 Å². The molecule has 1 rings (SSSR count). The Morgan fingerprint density at radius 2 is 1.93 bits per heavy atom. The van der Waals surface area contributed by atoms with Crippen molar-refractivity contribution < 1.29 is 17.8 Å². The molecule has 0 saturated carbocycles. The van der Waals surface area contributed by atoms with Gasteiger partial charge in [-0.15, -0.1) is 0 Å². The van der Waals surface area contributed by atoms with Crippen LogP contribution in [0.2, 0.25) is 0 Å². The van der Waals surface area contributed by atoms with Crippen molar-refractivity contribution in [1.29, 1.82) is 0 Å². The second-order valence-corrected chi connectivity index (χ2v) is 5.63. The number of nitrogens with zero attached hydrogens (tertiary/aromatic N) is 2. The second-order valence-electron chi connectivity index (χ2n) is 3.84. The van der Waals surface area contributed by atoms with E-state index in [2.05, 4.69) is 0 Å². The predicted molar refractivity (Wildman–Crippen MR) is 57.7 cm³/mol. The summed E-state index contributed by atoms with van der Waals surface area (Å²) in [5, 5.41) is 0.0997.